The number of anilines is 2. The maximum absolute atomic E-state index is 13.1. The van der Waals surface area contributed by atoms with Crippen LogP contribution in [0.3, 0.4) is 0 Å². The summed E-state index contributed by atoms with van der Waals surface area (Å²) in [5, 5.41) is 7.62. The first-order chi connectivity index (χ1) is 15.7. The van der Waals surface area contributed by atoms with Gasteiger partial charge in [0.15, 0.2) is 0 Å². The first kappa shape index (κ1) is 25.9. The summed E-state index contributed by atoms with van der Waals surface area (Å²) in [5.41, 5.74) is 1.53. The van der Waals surface area contributed by atoms with Crippen LogP contribution in [0.2, 0.25) is 0 Å². The summed E-state index contributed by atoms with van der Waals surface area (Å²) in [7, 11) is -8.10. The third-order valence-corrected chi connectivity index (χ3v) is 8.29. The van der Waals surface area contributed by atoms with E-state index >= 15 is 0 Å². The molecule has 0 aliphatic heterocycles. The minimum atomic E-state index is -4.24. The van der Waals surface area contributed by atoms with Gasteiger partial charge in [-0.05, 0) is 65.3 Å². The average Bonchev–Trinajstić information content (AvgIpc) is 3.32. The summed E-state index contributed by atoms with van der Waals surface area (Å²) >= 11 is 4.04. The van der Waals surface area contributed by atoms with E-state index in [2.05, 4.69) is 31.1 Å². The zero-order valence-corrected chi connectivity index (χ0v) is 22.3. The molecule has 0 bridgehead atoms. The molecule has 0 fully saturated rings. The number of halogens is 1. The van der Waals surface area contributed by atoms with Crippen molar-refractivity contribution in [2.75, 3.05) is 16.3 Å². The number of aryl methyl sites for hydroxylation is 3. The highest BCUT2D eigenvalue weighted by Gasteiger charge is 2.28. The predicted molar refractivity (Wildman–Crippen MR) is 130 cm³/mol. The fourth-order valence-electron chi connectivity index (χ4n) is 2.98. The Bertz CT molecular complexity index is 1510. The van der Waals surface area contributed by atoms with Gasteiger partial charge in [-0.2, -0.15) is 0 Å². The number of carbonyl (C=O) groups is 2. The molecule has 1 aromatic carbocycles. The number of aromatic nitrogens is 1. The quantitative estimate of drug-likeness (QED) is 0.377. The monoisotopic (exact) mass is 590 g/mol. The number of thiophene rings is 1. The highest BCUT2D eigenvalue weighted by molar-refractivity contribution is 9.10. The van der Waals surface area contributed by atoms with Crippen molar-refractivity contribution < 1.29 is 30.9 Å². The Kier molecular flexibility index (Phi) is 7.21. The largest absolute Gasteiger partial charge is 0.336 e. The summed E-state index contributed by atoms with van der Waals surface area (Å²) in [6.45, 7) is 4.93. The van der Waals surface area contributed by atoms with Crippen LogP contribution < -0.4 is 14.8 Å². The number of benzene rings is 1. The summed E-state index contributed by atoms with van der Waals surface area (Å²) in [5.74, 6) is -1.89. The molecule has 0 spiro atoms. The van der Waals surface area contributed by atoms with Crippen LogP contribution in [0.5, 0.6) is 0 Å². The normalized spacial score (nSPS) is 11.8. The Hall–Kier alpha value is -2.75. The zero-order chi connectivity index (χ0) is 25.4. The highest BCUT2D eigenvalue weighted by atomic mass is 79.9. The molecule has 34 heavy (non-hydrogen) atoms. The minimum absolute atomic E-state index is 0.0510. The second kappa shape index (κ2) is 9.48. The van der Waals surface area contributed by atoms with E-state index in [9.17, 15) is 26.4 Å². The Balaban J connectivity index is 1.96. The summed E-state index contributed by atoms with van der Waals surface area (Å²) < 4.78 is 58.3. The maximum Gasteiger partial charge on any atom is 0.267 e. The van der Waals surface area contributed by atoms with Gasteiger partial charge in [0.2, 0.25) is 10.0 Å². The third-order valence-electron chi connectivity index (χ3n) is 4.38. The second-order valence-electron chi connectivity index (χ2n) is 7.29. The van der Waals surface area contributed by atoms with Crippen LogP contribution in [0.4, 0.5) is 11.6 Å². The Morgan fingerprint density at radius 1 is 1.09 bits per heavy atom. The Labute approximate surface area is 208 Å². The molecule has 0 aliphatic rings. The summed E-state index contributed by atoms with van der Waals surface area (Å²) in [4.78, 5) is 25.2. The van der Waals surface area contributed by atoms with Crippen molar-refractivity contribution >= 4 is 70.7 Å². The van der Waals surface area contributed by atoms with Gasteiger partial charge in [-0.1, -0.05) is 11.2 Å². The van der Waals surface area contributed by atoms with Crippen LogP contribution in [-0.2, 0) is 20.0 Å². The van der Waals surface area contributed by atoms with E-state index < -0.39 is 31.9 Å². The molecular formula is C19H19BrN4O7S3. The van der Waals surface area contributed by atoms with E-state index in [1.165, 1.54) is 17.5 Å². The topological polar surface area (TPSA) is 165 Å². The molecule has 0 aliphatic carbocycles. The van der Waals surface area contributed by atoms with E-state index in [-0.39, 0.29) is 26.9 Å². The molecule has 3 aromatic rings. The first-order valence-electron chi connectivity index (χ1n) is 9.36. The lowest BCUT2D eigenvalue weighted by Crippen LogP contribution is -2.30. The van der Waals surface area contributed by atoms with Crippen molar-refractivity contribution in [1.82, 2.24) is 9.88 Å². The summed E-state index contributed by atoms with van der Waals surface area (Å²) in [6.07, 6.45) is 0.829. The number of nitrogens with one attached hydrogen (secondary N) is 3. The number of sulfonamides is 2. The molecule has 11 nitrogen and oxygen atoms in total. The maximum atomic E-state index is 13.1. The number of hydrogen-bond acceptors (Lipinski definition) is 9. The molecular weight excluding hydrogens is 572 g/mol. The van der Waals surface area contributed by atoms with E-state index in [0.29, 0.717) is 21.3 Å². The minimum Gasteiger partial charge on any atom is -0.336 e. The van der Waals surface area contributed by atoms with Crippen molar-refractivity contribution in [3.8, 4) is 0 Å². The van der Waals surface area contributed by atoms with Crippen molar-refractivity contribution in [3.05, 3.63) is 55.3 Å². The molecule has 0 atom stereocenters. The van der Waals surface area contributed by atoms with Crippen molar-refractivity contribution in [2.45, 2.75) is 25.7 Å². The standard InChI is InChI=1S/C19H19BrN4O7S3/c1-9-7-10(2)15(12(8-9)17(25)23-33(4,27)28)21-18(26)16-13(5-6-32-16)34(29,30)24-19-14(20)11(3)22-31-19/h5-8,24H,1-4H3,(H,21,26)(H,23,25). The molecule has 0 saturated heterocycles. The van der Waals surface area contributed by atoms with Crippen LogP contribution in [0, 0.1) is 20.8 Å². The highest BCUT2D eigenvalue weighted by Crippen LogP contribution is 2.31. The van der Waals surface area contributed by atoms with E-state index in [0.717, 1.165) is 17.6 Å². The fraction of sp³-hybridized carbons (Fsp3) is 0.211. The van der Waals surface area contributed by atoms with Gasteiger partial charge < -0.3 is 9.84 Å². The van der Waals surface area contributed by atoms with Gasteiger partial charge in [0.1, 0.15) is 14.2 Å². The average molecular weight is 591 g/mol. The third kappa shape index (κ3) is 5.65. The molecule has 182 valence electrons. The van der Waals surface area contributed by atoms with E-state index in [1.807, 2.05) is 4.72 Å². The van der Waals surface area contributed by atoms with Crippen LogP contribution in [0.15, 0.2) is 37.5 Å². The van der Waals surface area contributed by atoms with Crippen LogP contribution in [0.25, 0.3) is 0 Å². The van der Waals surface area contributed by atoms with E-state index in [1.54, 1.807) is 26.8 Å². The smallest absolute Gasteiger partial charge is 0.267 e. The molecule has 0 unspecified atom stereocenters. The van der Waals surface area contributed by atoms with Gasteiger partial charge in [-0.3, -0.25) is 9.59 Å². The molecule has 3 rings (SSSR count). The second-order valence-corrected chi connectivity index (χ2v) is 12.4. The Morgan fingerprint density at radius 2 is 1.76 bits per heavy atom. The molecule has 2 heterocycles. The molecule has 0 saturated carbocycles. The predicted octanol–water partition coefficient (Wildman–Crippen LogP) is 3.17. The first-order valence-corrected chi connectivity index (χ1v) is 14.4. The molecule has 3 N–H and O–H groups in total. The SMILES string of the molecule is Cc1cc(C)c(NC(=O)c2sccc2S(=O)(=O)Nc2onc(C)c2Br)c(C(=O)NS(C)(=O)=O)c1. The van der Waals surface area contributed by atoms with Crippen molar-refractivity contribution in [3.63, 3.8) is 0 Å². The van der Waals surface area contributed by atoms with Crippen molar-refractivity contribution in [2.24, 2.45) is 0 Å². The number of rotatable bonds is 7. The fourth-order valence-corrected chi connectivity index (χ4v) is 6.12. The molecule has 15 heteroatoms. The van der Waals surface area contributed by atoms with Gasteiger partial charge in [0.05, 0.1) is 23.2 Å². The molecule has 2 aromatic heterocycles. The zero-order valence-electron chi connectivity index (χ0n) is 18.2. The van der Waals surface area contributed by atoms with Crippen LogP contribution in [-0.4, -0.2) is 40.1 Å². The lowest BCUT2D eigenvalue weighted by molar-refractivity contribution is 0.0982. The van der Waals surface area contributed by atoms with E-state index in [4.69, 9.17) is 4.52 Å². The van der Waals surface area contributed by atoms with Gasteiger partial charge in [0, 0.05) is 0 Å². The van der Waals surface area contributed by atoms with Crippen LogP contribution in [0.1, 0.15) is 36.9 Å². The van der Waals surface area contributed by atoms with Crippen molar-refractivity contribution in [1.29, 1.82) is 0 Å². The van der Waals surface area contributed by atoms with Gasteiger partial charge in [-0.15, -0.1) is 11.3 Å². The lowest BCUT2D eigenvalue weighted by Gasteiger charge is -2.15. The van der Waals surface area contributed by atoms with Crippen LogP contribution >= 0.6 is 27.3 Å². The number of nitrogens with zero attached hydrogens (tertiary/aromatic N) is 1. The lowest BCUT2D eigenvalue weighted by atomic mass is 10.0. The van der Waals surface area contributed by atoms with Gasteiger partial charge in [0.25, 0.3) is 27.7 Å². The molecule has 0 radical (unpaired) electrons. The summed E-state index contributed by atoms with van der Waals surface area (Å²) in [6, 6.07) is 4.35. The van der Waals surface area contributed by atoms with Gasteiger partial charge in [-0.25, -0.2) is 26.3 Å². The number of carbonyl (C=O) groups excluding carboxylic acids is 2. The number of hydrogen-bond donors (Lipinski definition) is 3. The Morgan fingerprint density at radius 3 is 2.35 bits per heavy atom. The number of amides is 2. The molecule has 2 amide bonds. The van der Waals surface area contributed by atoms with Gasteiger partial charge >= 0.3 is 0 Å².